The first kappa shape index (κ1) is 20.6. The van der Waals surface area contributed by atoms with Crippen LogP contribution in [-0.4, -0.2) is 33.0 Å². The number of sulfonamides is 1. The lowest BCUT2D eigenvalue weighted by atomic mass is 10.1. The van der Waals surface area contributed by atoms with Gasteiger partial charge in [-0.3, -0.25) is 10.1 Å². The van der Waals surface area contributed by atoms with Crippen molar-refractivity contribution in [2.75, 3.05) is 13.7 Å². The molecule has 136 valence electrons. The summed E-state index contributed by atoms with van der Waals surface area (Å²) in [7, 11) is -3.02. The van der Waals surface area contributed by atoms with Crippen LogP contribution < -0.4 is 15.2 Å². The number of nitrogens with two attached hydrogens (primary N) is 1. The highest BCUT2D eigenvalue weighted by Crippen LogP contribution is 2.33. The van der Waals surface area contributed by atoms with E-state index in [0.717, 1.165) is 26.0 Å². The van der Waals surface area contributed by atoms with Crippen LogP contribution in [0.4, 0.5) is 10.1 Å². The van der Waals surface area contributed by atoms with Crippen LogP contribution in [0.5, 0.6) is 5.75 Å². The number of rotatable bonds is 6. The number of nitrogens with zero attached hydrogens (tertiary/aromatic N) is 1. The molecule has 0 aromatic heterocycles. The van der Waals surface area contributed by atoms with Crippen molar-refractivity contribution in [3.05, 3.63) is 28.1 Å². The molecule has 2 atom stereocenters. The second kappa shape index (κ2) is 8.06. The van der Waals surface area contributed by atoms with Gasteiger partial charge >= 0.3 is 5.69 Å². The Balaban J connectivity index is 0.00000288. The highest BCUT2D eigenvalue weighted by Gasteiger charge is 2.32. The molecule has 3 N–H and O–H groups in total. The van der Waals surface area contributed by atoms with Crippen molar-refractivity contribution >= 4 is 28.1 Å². The van der Waals surface area contributed by atoms with E-state index in [-0.39, 0.29) is 24.4 Å². The zero-order valence-electron chi connectivity index (χ0n) is 12.9. The third-order valence-corrected chi connectivity index (χ3v) is 5.45. The molecule has 24 heavy (non-hydrogen) atoms. The number of benzene rings is 1. The summed E-state index contributed by atoms with van der Waals surface area (Å²) in [6, 6.07) is 1.14. The largest absolute Gasteiger partial charge is 0.488 e. The van der Waals surface area contributed by atoms with Gasteiger partial charge in [-0.05, 0) is 31.4 Å². The van der Waals surface area contributed by atoms with Gasteiger partial charge in [-0.2, -0.15) is 0 Å². The predicted molar refractivity (Wildman–Crippen MR) is 87.4 cm³/mol. The Morgan fingerprint density at radius 2 is 2.12 bits per heavy atom. The van der Waals surface area contributed by atoms with Crippen LogP contribution >= 0.6 is 12.4 Å². The van der Waals surface area contributed by atoms with Gasteiger partial charge in [0.15, 0.2) is 5.82 Å². The molecule has 1 aliphatic carbocycles. The van der Waals surface area contributed by atoms with E-state index >= 15 is 0 Å². The van der Waals surface area contributed by atoms with E-state index in [1.807, 2.05) is 0 Å². The molecule has 8 nitrogen and oxygen atoms in total. The lowest BCUT2D eigenvalue weighted by Gasteiger charge is -2.19. The maximum Gasteiger partial charge on any atom is 0.315 e. The molecule has 0 radical (unpaired) electrons. The molecular weight excluding hydrogens is 365 g/mol. The quantitative estimate of drug-likeness (QED) is 0.567. The second-order valence-corrected chi connectivity index (χ2v) is 7.08. The summed E-state index contributed by atoms with van der Waals surface area (Å²) in [5.74, 6) is -1.71. The zero-order chi connectivity index (χ0) is 17.2. The summed E-state index contributed by atoms with van der Waals surface area (Å²) in [4.78, 5) is 9.58. The third-order valence-electron chi connectivity index (χ3n) is 3.98. The van der Waals surface area contributed by atoms with E-state index in [0.29, 0.717) is 19.0 Å². The summed E-state index contributed by atoms with van der Waals surface area (Å²) >= 11 is 0. The predicted octanol–water partition coefficient (Wildman–Crippen LogP) is 1.57. The van der Waals surface area contributed by atoms with Crippen LogP contribution in [0.1, 0.15) is 19.3 Å². The van der Waals surface area contributed by atoms with E-state index in [2.05, 4.69) is 9.46 Å². The van der Waals surface area contributed by atoms with Crippen molar-refractivity contribution in [2.24, 2.45) is 11.7 Å². The molecule has 1 aromatic carbocycles. The lowest BCUT2D eigenvalue weighted by molar-refractivity contribution is -0.386. The van der Waals surface area contributed by atoms with Crippen molar-refractivity contribution in [3.63, 3.8) is 0 Å². The number of hydrogen-bond acceptors (Lipinski definition) is 6. The molecule has 1 saturated carbocycles. The first-order valence-electron chi connectivity index (χ1n) is 7.04. The van der Waals surface area contributed by atoms with Crippen LogP contribution in [0.2, 0.25) is 0 Å². The van der Waals surface area contributed by atoms with Crippen molar-refractivity contribution in [2.45, 2.75) is 30.2 Å². The minimum atomic E-state index is -4.10. The fourth-order valence-corrected chi connectivity index (χ4v) is 4.16. The van der Waals surface area contributed by atoms with Crippen molar-refractivity contribution in [1.29, 1.82) is 0 Å². The van der Waals surface area contributed by atoms with Gasteiger partial charge in [-0.15, -0.1) is 12.4 Å². The molecule has 0 aliphatic heterocycles. The van der Waals surface area contributed by atoms with E-state index in [1.165, 1.54) is 0 Å². The Kier molecular flexibility index (Phi) is 6.90. The number of methoxy groups -OCH3 is 1. The molecule has 0 saturated heterocycles. The highest BCUT2D eigenvalue weighted by molar-refractivity contribution is 7.89. The number of hydrogen-bond donors (Lipinski definition) is 2. The van der Waals surface area contributed by atoms with Crippen molar-refractivity contribution in [3.8, 4) is 5.75 Å². The van der Waals surface area contributed by atoms with Gasteiger partial charge in [0, 0.05) is 12.1 Å². The van der Waals surface area contributed by atoms with Crippen LogP contribution in [0.3, 0.4) is 0 Å². The van der Waals surface area contributed by atoms with Crippen molar-refractivity contribution < 1.29 is 22.5 Å². The average Bonchev–Trinajstić information content (AvgIpc) is 2.92. The summed E-state index contributed by atoms with van der Waals surface area (Å²) in [6.07, 6.45) is 2.27. The van der Waals surface area contributed by atoms with E-state index in [4.69, 9.17) is 5.73 Å². The molecule has 11 heteroatoms. The Hall–Kier alpha value is -1.49. The minimum absolute atomic E-state index is 0. The number of halogens is 2. The number of nitro benzene ring substituents is 1. The lowest BCUT2D eigenvalue weighted by Crippen LogP contribution is -2.39. The first-order chi connectivity index (χ1) is 10.8. The maximum atomic E-state index is 13.9. The van der Waals surface area contributed by atoms with Gasteiger partial charge in [0.05, 0.1) is 16.9 Å². The average molecular weight is 384 g/mol. The molecule has 0 bridgehead atoms. The smallest absolute Gasteiger partial charge is 0.315 e. The number of nitrogens with one attached hydrogen (secondary N) is 1. The molecule has 2 unspecified atom stereocenters. The second-order valence-electron chi connectivity index (χ2n) is 5.37. The molecule has 0 spiro atoms. The Bertz CT molecular complexity index is 716. The van der Waals surface area contributed by atoms with Gasteiger partial charge in [-0.1, -0.05) is 6.42 Å². The van der Waals surface area contributed by atoms with Crippen LogP contribution in [0.25, 0.3) is 0 Å². The fraction of sp³-hybridized carbons (Fsp3) is 0.538. The molecule has 1 fully saturated rings. The minimum Gasteiger partial charge on any atom is -0.488 e. The standard InChI is InChI=1S/C13H18FN3O5S.ClH/c1-22-13-10(14)5-9(6-12(13)17(18)19)23(20,21)16-11-4-2-3-8(11)7-15;/h5-6,8,11,16H,2-4,7,15H2,1H3;1H. The van der Waals surface area contributed by atoms with Gasteiger partial charge in [0.2, 0.25) is 15.8 Å². The molecular formula is C13H19ClFN3O5S. The van der Waals surface area contributed by atoms with E-state index in [1.54, 1.807) is 0 Å². The molecule has 1 aromatic rings. The topological polar surface area (TPSA) is 125 Å². The van der Waals surface area contributed by atoms with E-state index in [9.17, 15) is 22.9 Å². The van der Waals surface area contributed by atoms with Gasteiger partial charge < -0.3 is 10.5 Å². The van der Waals surface area contributed by atoms with Crippen LogP contribution in [0.15, 0.2) is 17.0 Å². The molecule has 2 rings (SSSR count). The van der Waals surface area contributed by atoms with Crippen LogP contribution in [0, 0.1) is 21.8 Å². The SMILES string of the molecule is COc1c(F)cc(S(=O)(=O)NC2CCCC2CN)cc1[N+](=O)[O-].Cl. The fourth-order valence-electron chi connectivity index (χ4n) is 2.79. The van der Waals surface area contributed by atoms with Crippen LogP contribution in [-0.2, 0) is 10.0 Å². The summed E-state index contributed by atoms with van der Waals surface area (Å²) < 4.78 is 45.8. The van der Waals surface area contributed by atoms with Gasteiger partial charge in [0.25, 0.3) is 0 Å². The van der Waals surface area contributed by atoms with Gasteiger partial charge in [-0.25, -0.2) is 17.5 Å². The number of ether oxygens (including phenoxy) is 1. The summed E-state index contributed by atoms with van der Waals surface area (Å²) in [6.45, 7) is 0.338. The Morgan fingerprint density at radius 1 is 1.46 bits per heavy atom. The molecule has 0 amide bonds. The number of nitro groups is 1. The molecule has 0 heterocycles. The maximum absolute atomic E-state index is 13.9. The highest BCUT2D eigenvalue weighted by atomic mass is 35.5. The van der Waals surface area contributed by atoms with Gasteiger partial charge in [0.1, 0.15) is 0 Å². The monoisotopic (exact) mass is 383 g/mol. The van der Waals surface area contributed by atoms with Crippen molar-refractivity contribution in [1.82, 2.24) is 4.72 Å². The summed E-state index contributed by atoms with van der Waals surface area (Å²) in [5, 5.41) is 11.0. The zero-order valence-corrected chi connectivity index (χ0v) is 14.5. The summed E-state index contributed by atoms with van der Waals surface area (Å²) in [5.41, 5.74) is 4.87. The normalized spacial score (nSPS) is 20.5. The first-order valence-corrected chi connectivity index (χ1v) is 8.52. The Morgan fingerprint density at radius 3 is 2.67 bits per heavy atom. The Labute approximate surface area is 145 Å². The van der Waals surface area contributed by atoms with E-state index < -0.39 is 37.1 Å². The third kappa shape index (κ3) is 4.12. The molecule has 1 aliphatic rings.